The molecule has 1 saturated heterocycles. The molecular weight excluding hydrogens is 438 g/mol. The summed E-state index contributed by atoms with van der Waals surface area (Å²) in [5.74, 6) is -0.670. The van der Waals surface area contributed by atoms with Crippen LogP contribution in [-0.4, -0.2) is 24.8 Å². The van der Waals surface area contributed by atoms with Gasteiger partial charge in [0.1, 0.15) is 5.75 Å². The topological polar surface area (TPSA) is 87.7 Å². The summed E-state index contributed by atoms with van der Waals surface area (Å²) >= 11 is 1.53. The lowest BCUT2D eigenvalue weighted by atomic mass is 9.97. The fourth-order valence-corrected chi connectivity index (χ4v) is 4.95. The number of carbonyl (C=O) groups is 3. The second-order valence-corrected chi connectivity index (χ2v) is 8.93. The van der Waals surface area contributed by atoms with Gasteiger partial charge in [0.25, 0.3) is 0 Å². The van der Waals surface area contributed by atoms with Crippen molar-refractivity contribution in [3.05, 3.63) is 70.4 Å². The number of aryl methyl sites for hydroxylation is 1. The monoisotopic (exact) mass is 463 g/mol. The Balaban J connectivity index is 1.63. The molecule has 8 heteroatoms. The second kappa shape index (κ2) is 9.46. The minimum Gasteiger partial charge on any atom is -0.495 e. The SMILES string of the molecule is COc1ccc(NC(=O)C2CC(=O)N(c3ccc(C)cc3)C2c2cccs2)cc1NC(C)=O. The van der Waals surface area contributed by atoms with Crippen LogP contribution < -0.4 is 20.3 Å². The van der Waals surface area contributed by atoms with Gasteiger partial charge >= 0.3 is 0 Å². The number of ether oxygens (including phenoxy) is 1. The van der Waals surface area contributed by atoms with Crippen LogP contribution in [-0.2, 0) is 14.4 Å². The van der Waals surface area contributed by atoms with Gasteiger partial charge in [-0.15, -0.1) is 11.3 Å². The summed E-state index contributed by atoms with van der Waals surface area (Å²) < 4.78 is 5.28. The Labute approximate surface area is 196 Å². The van der Waals surface area contributed by atoms with Crippen LogP contribution in [0.3, 0.4) is 0 Å². The summed E-state index contributed by atoms with van der Waals surface area (Å²) in [6.45, 7) is 3.40. The molecule has 4 rings (SSSR count). The zero-order chi connectivity index (χ0) is 23.5. The molecule has 0 spiro atoms. The van der Waals surface area contributed by atoms with E-state index in [-0.39, 0.29) is 24.1 Å². The van der Waals surface area contributed by atoms with Crippen molar-refractivity contribution in [1.82, 2.24) is 0 Å². The molecule has 2 aromatic carbocycles. The van der Waals surface area contributed by atoms with Crippen LogP contribution in [0, 0.1) is 12.8 Å². The Bertz CT molecular complexity index is 1170. The van der Waals surface area contributed by atoms with Gasteiger partial charge in [-0.3, -0.25) is 14.4 Å². The summed E-state index contributed by atoms with van der Waals surface area (Å²) in [5, 5.41) is 7.57. The number of anilines is 3. The maximum atomic E-state index is 13.4. The van der Waals surface area contributed by atoms with E-state index in [0.717, 1.165) is 16.1 Å². The minimum atomic E-state index is -0.566. The zero-order valence-electron chi connectivity index (χ0n) is 18.6. The Morgan fingerprint density at radius 3 is 2.48 bits per heavy atom. The fourth-order valence-electron chi connectivity index (χ4n) is 4.07. The molecule has 0 bridgehead atoms. The molecule has 2 atom stereocenters. The lowest BCUT2D eigenvalue weighted by Crippen LogP contribution is -2.32. The summed E-state index contributed by atoms with van der Waals surface area (Å²) in [5.41, 5.74) is 2.84. The van der Waals surface area contributed by atoms with E-state index >= 15 is 0 Å². The lowest BCUT2D eigenvalue weighted by molar-refractivity contribution is -0.122. The average molecular weight is 464 g/mol. The Morgan fingerprint density at radius 2 is 1.85 bits per heavy atom. The Hall–Kier alpha value is -3.65. The van der Waals surface area contributed by atoms with Crippen molar-refractivity contribution in [2.75, 3.05) is 22.6 Å². The predicted octanol–water partition coefficient (Wildman–Crippen LogP) is 4.76. The minimum absolute atomic E-state index is 0.0916. The van der Waals surface area contributed by atoms with Crippen LogP contribution in [0.4, 0.5) is 17.1 Å². The number of hydrogen-bond acceptors (Lipinski definition) is 5. The Morgan fingerprint density at radius 1 is 1.09 bits per heavy atom. The third-order valence-corrected chi connectivity index (χ3v) is 6.53. The number of carbonyl (C=O) groups excluding carboxylic acids is 3. The van der Waals surface area contributed by atoms with Crippen LogP contribution in [0.5, 0.6) is 5.75 Å². The van der Waals surface area contributed by atoms with E-state index in [0.29, 0.717) is 17.1 Å². The first kappa shape index (κ1) is 22.5. The smallest absolute Gasteiger partial charge is 0.230 e. The molecule has 1 fully saturated rings. The van der Waals surface area contributed by atoms with Gasteiger partial charge in [0.2, 0.25) is 17.7 Å². The molecule has 2 N–H and O–H groups in total. The highest BCUT2D eigenvalue weighted by Gasteiger charge is 2.45. The molecule has 0 saturated carbocycles. The first-order valence-electron chi connectivity index (χ1n) is 10.6. The first-order valence-corrected chi connectivity index (χ1v) is 11.4. The largest absolute Gasteiger partial charge is 0.495 e. The summed E-state index contributed by atoms with van der Waals surface area (Å²) in [6.07, 6.45) is 0.108. The van der Waals surface area contributed by atoms with Gasteiger partial charge in [0.05, 0.1) is 24.8 Å². The van der Waals surface area contributed by atoms with Gasteiger partial charge in [-0.25, -0.2) is 0 Å². The molecule has 170 valence electrons. The molecule has 0 aliphatic carbocycles. The number of rotatable bonds is 6. The second-order valence-electron chi connectivity index (χ2n) is 7.96. The van der Waals surface area contributed by atoms with Crippen molar-refractivity contribution in [1.29, 1.82) is 0 Å². The number of amides is 3. The van der Waals surface area contributed by atoms with Crippen LogP contribution in [0.15, 0.2) is 60.0 Å². The first-order chi connectivity index (χ1) is 15.9. The molecule has 0 radical (unpaired) electrons. The van der Waals surface area contributed by atoms with E-state index in [9.17, 15) is 14.4 Å². The third kappa shape index (κ3) is 4.75. The fraction of sp³-hybridized carbons (Fsp3) is 0.240. The number of hydrogen-bond donors (Lipinski definition) is 2. The van der Waals surface area contributed by atoms with Crippen molar-refractivity contribution >= 4 is 46.1 Å². The summed E-state index contributed by atoms with van der Waals surface area (Å²) in [4.78, 5) is 40.7. The van der Waals surface area contributed by atoms with Crippen molar-refractivity contribution < 1.29 is 19.1 Å². The van der Waals surface area contributed by atoms with E-state index in [1.54, 1.807) is 23.1 Å². The van der Waals surface area contributed by atoms with Gasteiger partial charge in [-0.2, -0.15) is 0 Å². The molecule has 2 heterocycles. The zero-order valence-corrected chi connectivity index (χ0v) is 19.4. The highest BCUT2D eigenvalue weighted by atomic mass is 32.1. The number of benzene rings is 2. The number of thiophene rings is 1. The molecule has 3 aromatic rings. The van der Waals surface area contributed by atoms with Gasteiger partial charge in [-0.1, -0.05) is 23.8 Å². The maximum Gasteiger partial charge on any atom is 0.230 e. The van der Waals surface area contributed by atoms with Crippen LogP contribution in [0.25, 0.3) is 0 Å². The van der Waals surface area contributed by atoms with Crippen LogP contribution >= 0.6 is 11.3 Å². The number of methoxy groups -OCH3 is 1. The van der Waals surface area contributed by atoms with Gasteiger partial charge < -0.3 is 20.3 Å². The van der Waals surface area contributed by atoms with Crippen LogP contribution in [0.2, 0.25) is 0 Å². The van der Waals surface area contributed by atoms with E-state index < -0.39 is 12.0 Å². The molecule has 7 nitrogen and oxygen atoms in total. The van der Waals surface area contributed by atoms with Crippen molar-refractivity contribution in [2.24, 2.45) is 5.92 Å². The van der Waals surface area contributed by atoms with Crippen molar-refractivity contribution in [2.45, 2.75) is 26.3 Å². The van der Waals surface area contributed by atoms with E-state index in [1.807, 2.05) is 48.7 Å². The summed E-state index contributed by atoms with van der Waals surface area (Å²) in [7, 11) is 1.51. The normalized spacial score (nSPS) is 17.7. The predicted molar refractivity (Wildman–Crippen MR) is 130 cm³/mol. The maximum absolute atomic E-state index is 13.4. The Kier molecular flexibility index (Phi) is 6.46. The molecule has 1 aliphatic rings. The van der Waals surface area contributed by atoms with Crippen molar-refractivity contribution in [3.63, 3.8) is 0 Å². The standard InChI is InChI=1S/C25H25N3O4S/c1-15-6-9-18(10-7-15)28-23(30)14-19(24(28)22-5-4-12-33-22)25(31)27-17-8-11-21(32-3)20(13-17)26-16(2)29/h4-13,19,24H,14H2,1-3H3,(H,26,29)(H,27,31). The molecular formula is C25H25N3O4S. The van der Waals surface area contributed by atoms with Gasteiger partial charge in [0.15, 0.2) is 0 Å². The highest BCUT2D eigenvalue weighted by molar-refractivity contribution is 7.10. The van der Waals surface area contributed by atoms with E-state index in [2.05, 4.69) is 10.6 Å². The highest BCUT2D eigenvalue weighted by Crippen LogP contribution is 2.43. The number of nitrogens with one attached hydrogen (secondary N) is 2. The van der Waals surface area contributed by atoms with Crippen molar-refractivity contribution in [3.8, 4) is 5.75 Å². The molecule has 2 unspecified atom stereocenters. The average Bonchev–Trinajstić information content (AvgIpc) is 3.42. The lowest BCUT2D eigenvalue weighted by Gasteiger charge is -2.27. The number of nitrogens with zero attached hydrogens (tertiary/aromatic N) is 1. The van der Waals surface area contributed by atoms with Gasteiger partial charge in [-0.05, 0) is 48.7 Å². The molecule has 1 aliphatic heterocycles. The van der Waals surface area contributed by atoms with E-state index in [1.165, 1.54) is 25.4 Å². The molecule has 3 amide bonds. The quantitative estimate of drug-likeness (QED) is 0.552. The third-order valence-electron chi connectivity index (χ3n) is 5.58. The van der Waals surface area contributed by atoms with Gasteiger partial charge in [0, 0.05) is 29.6 Å². The van der Waals surface area contributed by atoms with E-state index in [4.69, 9.17) is 4.74 Å². The summed E-state index contributed by atoms with van der Waals surface area (Å²) in [6, 6.07) is 16.3. The molecule has 33 heavy (non-hydrogen) atoms. The molecule has 1 aromatic heterocycles. The van der Waals surface area contributed by atoms with Crippen LogP contribution in [0.1, 0.15) is 29.8 Å².